The third kappa shape index (κ3) is 11.3. The van der Waals surface area contributed by atoms with Crippen LogP contribution in [0, 0.1) is 5.92 Å². The van der Waals surface area contributed by atoms with Gasteiger partial charge in [-0.3, -0.25) is 19.9 Å². The molecule has 2 atom stereocenters. The van der Waals surface area contributed by atoms with Crippen LogP contribution in [-0.2, 0) is 14.3 Å². The number of carboxylic acid groups (broad SMARTS) is 1. The minimum absolute atomic E-state index is 0.112. The number of carbonyl (C=O) groups is 3. The van der Waals surface area contributed by atoms with Gasteiger partial charge >= 0.3 is 12.1 Å². The molecule has 0 aliphatic carbocycles. The topological polar surface area (TPSA) is 141 Å². The molecule has 1 fully saturated rings. The molecule has 2 amide bonds. The normalized spacial score (nSPS) is 18.9. The van der Waals surface area contributed by atoms with E-state index in [1.54, 1.807) is 6.92 Å². The Kier molecular flexibility index (Phi) is 12.4. The van der Waals surface area contributed by atoms with E-state index in [2.05, 4.69) is 33.2 Å². The average molecular weight is 414 g/mol. The summed E-state index contributed by atoms with van der Waals surface area (Å²) in [7, 11) is 0. The highest BCUT2D eigenvalue weighted by Crippen LogP contribution is 2.14. The molecule has 0 aromatic rings. The number of rotatable bonds is 12. The van der Waals surface area contributed by atoms with Crippen LogP contribution in [0.15, 0.2) is 4.99 Å². The molecule has 0 radical (unpaired) electrons. The maximum Gasteiger partial charge on any atom is 0.413 e. The van der Waals surface area contributed by atoms with Crippen LogP contribution < -0.4 is 21.3 Å². The van der Waals surface area contributed by atoms with Gasteiger partial charge in [0, 0.05) is 19.6 Å². The van der Waals surface area contributed by atoms with Gasteiger partial charge in [-0.2, -0.15) is 0 Å². The third-order valence-electron chi connectivity index (χ3n) is 4.53. The highest BCUT2D eigenvalue weighted by atomic mass is 16.5. The van der Waals surface area contributed by atoms with E-state index in [1.807, 2.05) is 0 Å². The summed E-state index contributed by atoms with van der Waals surface area (Å²) in [6.07, 6.45) is 5.70. The van der Waals surface area contributed by atoms with E-state index in [9.17, 15) is 14.4 Å². The Hall–Kier alpha value is -2.36. The van der Waals surface area contributed by atoms with Crippen molar-refractivity contribution in [1.82, 2.24) is 21.3 Å². The van der Waals surface area contributed by atoms with Gasteiger partial charge in [0.1, 0.15) is 6.54 Å². The first-order chi connectivity index (χ1) is 14.0. The van der Waals surface area contributed by atoms with E-state index in [1.165, 1.54) is 19.3 Å². The molecule has 10 heteroatoms. The van der Waals surface area contributed by atoms with E-state index in [0.717, 1.165) is 12.8 Å². The molecule has 0 bridgehead atoms. The quantitative estimate of drug-likeness (QED) is 0.181. The van der Waals surface area contributed by atoms with E-state index in [4.69, 9.17) is 9.84 Å². The first-order valence-electron chi connectivity index (χ1n) is 10.4. The molecule has 1 aliphatic rings. The number of guanidine groups is 1. The van der Waals surface area contributed by atoms with Crippen molar-refractivity contribution in [3.63, 3.8) is 0 Å². The van der Waals surface area contributed by atoms with Gasteiger partial charge in [-0.15, -0.1) is 0 Å². The first kappa shape index (κ1) is 24.7. The number of aliphatic carboxylic acids is 1. The summed E-state index contributed by atoms with van der Waals surface area (Å²) < 4.78 is 4.91. The average Bonchev–Trinajstić information content (AvgIpc) is 3.16. The Morgan fingerprint density at radius 1 is 1.14 bits per heavy atom. The van der Waals surface area contributed by atoms with Gasteiger partial charge in [-0.05, 0) is 25.7 Å². The Morgan fingerprint density at radius 3 is 2.59 bits per heavy atom. The van der Waals surface area contributed by atoms with E-state index < -0.39 is 24.6 Å². The number of hydrogen-bond donors (Lipinski definition) is 5. The summed E-state index contributed by atoms with van der Waals surface area (Å²) >= 11 is 0. The van der Waals surface area contributed by atoms with Crippen molar-refractivity contribution in [3.8, 4) is 0 Å². The van der Waals surface area contributed by atoms with E-state index in [-0.39, 0.29) is 18.4 Å². The van der Waals surface area contributed by atoms with Gasteiger partial charge in [0.2, 0.25) is 11.9 Å². The van der Waals surface area contributed by atoms with Crippen LogP contribution >= 0.6 is 0 Å². The summed E-state index contributed by atoms with van der Waals surface area (Å²) in [6.45, 7) is 5.52. The fraction of sp³-hybridized carbons (Fsp3) is 0.789. The van der Waals surface area contributed by atoms with Gasteiger partial charge in [-0.1, -0.05) is 32.6 Å². The lowest BCUT2D eigenvalue weighted by molar-refractivity contribution is -0.138. The smallest absolute Gasteiger partial charge is 0.413 e. The van der Waals surface area contributed by atoms with Gasteiger partial charge < -0.3 is 25.8 Å². The monoisotopic (exact) mass is 413 g/mol. The van der Waals surface area contributed by atoms with Crippen LogP contribution in [0.25, 0.3) is 0 Å². The van der Waals surface area contributed by atoms with Crippen LogP contribution in [0.4, 0.5) is 4.79 Å². The Balaban J connectivity index is 2.47. The molecule has 1 aliphatic heterocycles. The molecular weight excluding hydrogens is 378 g/mol. The van der Waals surface area contributed by atoms with Crippen molar-refractivity contribution in [2.24, 2.45) is 10.9 Å². The number of unbranched alkanes of at least 4 members (excludes halogenated alkanes) is 4. The van der Waals surface area contributed by atoms with Crippen LogP contribution in [0.2, 0.25) is 0 Å². The predicted octanol–water partition coefficient (Wildman–Crippen LogP) is 0.827. The second-order valence-electron chi connectivity index (χ2n) is 7.05. The predicted molar refractivity (Wildman–Crippen MR) is 110 cm³/mol. The third-order valence-corrected chi connectivity index (χ3v) is 4.53. The number of carboxylic acids is 1. The second-order valence-corrected chi connectivity index (χ2v) is 7.05. The summed E-state index contributed by atoms with van der Waals surface area (Å²) in [5.41, 5.74) is 0. The zero-order valence-corrected chi connectivity index (χ0v) is 17.5. The maximum atomic E-state index is 11.9. The highest BCUT2D eigenvalue weighted by Gasteiger charge is 2.29. The molecule has 0 unspecified atom stereocenters. The molecule has 5 N–H and O–H groups in total. The number of hydrogen-bond acceptors (Lipinski definition) is 6. The number of carbonyl (C=O) groups excluding carboxylic acids is 2. The fourth-order valence-electron chi connectivity index (χ4n) is 2.99. The Labute approximate surface area is 172 Å². The fourth-order valence-corrected chi connectivity index (χ4v) is 2.99. The summed E-state index contributed by atoms with van der Waals surface area (Å²) in [6, 6.07) is -0.428. The number of nitrogens with zero attached hydrogens (tertiary/aromatic N) is 1. The minimum Gasteiger partial charge on any atom is -0.480 e. The van der Waals surface area contributed by atoms with Crippen molar-refractivity contribution < 1.29 is 24.2 Å². The van der Waals surface area contributed by atoms with E-state index in [0.29, 0.717) is 32.0 Å². The Bertz CT molecular complexity index is 555. The largest absolute Gasteiger partial charge is 0.480 e. The van der Waals surface area contributed by atoms with Crippen LogP contribution in [0.1, 0.15) is 52.4 Å². The molecule has 166 valence electrons. The van der Waals surface area contributed by atoms with Crippen LogP contribution in [0.3, 0.4) is 0 Å². The molecule has 0 aromatic carbocycles. The van der Waals surface area contributed by atoms with Gasteiger partial charge in [0.15, 0.2) is 0 Å². The molecule has 10 nitrogen and oxygen atoms in total. The van der Waals surface area contributed by atoms with Crippen molar-refractivity contribution in [3.05, 3.63) is 0 Å². The van der Waals surface area contributed by atoms with Gasteiger partial charge in [0.05, 0.1) is 12.6 Å². The van der Waals surface area contributed by atoms with Crippen LogP contribution in [-0.4, -0.2) is 67.9 Å². The molecule has 0 spiro atoms. The number of ether oxygens (including phenoxy) is 1. The SMILES string of the molecule is CCCCCCCNC(=NC[C@H]1CN[C@H](C(=O)NCC(=O)O)C1)NC(=O)OCC. The van der Waals surface area contributed by atoms with Crippen LogP contribution in [0.5, 0.6) is 0 Å². The Morgan fingerprint density at radius 2 is 1.90 bits per heavy atom. The van der Waals surface area contributed by atoms with Crippen molar-refractivity contribution in [2.75, 3.05) is 32.8 Å². The molecular formula is C19H35N5O5. The number of amides is 2. The molecule has 0 saturated carbocycles. The lowest BCUT2D eigenvalue weighted by Crippen LogP contribution is -2.42. The first-order valence-corrected chi connectivity index (χ1v) is 10.4. The summed E-state index contributed by atoms with van der Waals surface area (Å²) in [5.74, 6) is -0.916. The van der Waals surface area contributed by atoms with Crippen molar-refractivity contribution in [1.29, 1.82) is 0 Å². The summed E-state index contributed by atoms with van der Waals surface area (Å²) in [4.78, 5) is 38.7. The lowest BCUT2D eigenvalue weighted by Gasteiger charge is -2.13. The molecule has 0 aromatic heterocycles. The highest BCUT2D eigenvalue weighted by molar-refractivity contribution is 5.93. The minimum atomic E-state index is -1.08. The van der Waals surface area contributed by atoms with Gasteiger partial charge in [-0.25, -0.2) is 4.79 Å². The van der Waals surface area contributed by atoms with E-state index >= 15 is 0 Å². The van der Waals surface area contributed by atoms with Gasteiger partial charge in [0.25, 0.3) is 0 Å². The second kappa shape index (κ2) is 14.6. The summed E-state index contributed by atoms with van der Waals surface area (Å²) in [5, 5.41) is 19.9. The maximum absolute atomic E-state index is 11.9. The number of aliphatic imine (C=N–C) groups is 1. The zero-order chi connectivity index (χ0) is 21.5. The zero-order valence-electron chi connectivity index (χ0n) is 17.5. The number of alkyl carbamates (subject to hydrolysis) is 1. The lowest BCUT2D eigenvalue weighted by atomic mass is 10.1. The molecule has 1 heterocycles. The molecule has 1 rings (SSSR count). The molecule has 1 saturated heterocycles. The standard InChI is InChI=1S/C19H35N5O5/c1-3-5-6-7-8-9-20-18(24-19(28)29-4-2)23-12-14-10-15(21-11-14)17(27)22-13-16(25)26/h14-15,21H,3-13H2,1-2H3,(H,22,27)(H,25,26)(H2,20,23,24,28)/t14-,15+/m1/s1. The number of nitrogens with one attached hydrogen (secondary N) is 4. The van der Waals surface area contributed by atoms with Crippen molar-refractivity contribution in [2.45, 2.75) is 58.4 Å². The molecule has 29 heavy (non-hydrogen) atoms. The van der Waals surface area contributed by atoms with Crippen molar-refractivity contribution >= 4 is 23.9 Å².